The van der Waals surface area contributed by atoms with Crippen LogP contribution in [-0.4, -0.2) is 18.4 Å². The molecule has 0 saturated heterocycles. The molecule has 1 heterocycles. The van der Waals surface area contributed by atoms with Crippen LogP contribution in [0.5, 0.6) is 0 Å². The summed E-state index contributed by atoms with van der Waals surface area (Å²) in [5.41, 5.74) is 2.78. The molecule has 0 atom stereocenters. The summed E-state index contributed by atoms with van der Waals surface area (Å²) >= 11 is 1.44. The smallest absolute Gasteiger partial charge is 0.268 e. The zero-order valence-corrected chi connectivity index (χ0v) is 17.0. The highest BCUT2D eigenvalue weighted by atomic mass is 32.1. The minimum absolute atomic E-state index is 0.0285. The van der Waals surface area contributed by atoms with Crippen molar-refractivity contribution in [3.8, 4) is 0 Å². The molecule has 1 aliphatic rings. The SMILES string of the molecule is O=C(Cc1cccc(N(Cc2ccccc2)C(=O)c2cccs2)c1)NCC1CC1. The van der Waals surface area contributed by atoms with Gasteiger partial charge in [0, 0.05) is 12.2 Å². The van der Waals surface area contributed by atoms with Gasteiger partial charge in [-0.15, -0.1) is 11.3 Å². The predicted octanol–water partition coefficient (Wildman–Crippen LogP) is 4.66. The van der Waals surface area contributed by atoms with Gasteiger partial charge in [-0.05, 0) is 53.5 Å². The molecule has 4 nitrogen and oxygen atoms in total. The number of amides is 2. The van der Waals surface area contributed by atoms with Gasteiger partial charge < -0.3 is 10.2 Å². The van der Waals surface area contributed by atoms with E-state index in [0.29, 0.717) is 23.8 Å². The molecule has 2 amide bonds. The lowest BCUT2D eigenvalue weighted by Gasteiger charge is -2.23. The average molecular weight is 405 g/mol. The normalized spacial score (nSPS) is 13.1. The van der Waals surface area contributed by atoms with Gasteiger partial charge in [-0.25, -0.2) is 0 Å². The number of benzene rings is 2. The van der Waals surface area contributed by atoms with Crippen molar-refractivity contribution in [1.29, 1.82) is 0 Å². The van der Waals surface area contributed by atoms with Crippen molar-refractivity contribution in [3.05, 3.63) is 88.1 Å². The fourth-order valence-corrected chi connectivity index (χ4v) is 3.91. The molecule has 0 spiro atoms. The predicted molar refractivity (Wildman–Crippen MR) is 117 cm³/mol. The van der Waals surface area contributed by atoms with Gasteiger partial charge in [-0.1, -0.05) is 48.5 Å². The zero-order valence-electron chi connectivity index (χ0n) is 16.2. The van der Waals surface area contributed by atoms with Gasteiger partial charge in [0.1, 0.15) is 0 Å². The first-order chi connectivity index (χ1) is 14.2. The fraction of sp³-hybridized carbons (Fsp3) is 0.250. The van der Waals surface area contributed by atoms with E-state index in [9.17, 15) is 9.59 Å². The molecule has 0 unspecified atom stereocenters. The summed E-state index contributed by atoms with van der Waals surface area (Å²) in [6.45, 7) is 1.25. The zero-order chi connectivity index (χ0) is 20.1. The Hall–Kier alpha value is -2.92. The van der Waals surface area contributed by atoms with Crippen molar-refractivity contribution >= 4 is 28.8 Å². The van der Waals surface area contributed by atoms with E-state index in [1.165, 1.54) is 24.2 Å². The summed E-state index contributed by atoms with van der Waals surface area (Å²) < 4.78 is 0. The van der Waals surface area contributed by atoms with E-state index in [2.05, 4.69) is 5.32 Å². The second-order valence-corrected chi connectivity index (χ2v) is 8.40. The molecule has 1 N–H and O–H groups in total. The van der Waals surface area contributed by atoms with Crippen molar-refractivity contribution in [1.82, 2.24) is 5.32 Å². The molecule has 0 radical (unpaired) electrons. The van der Waals surface area contributed by atoms with Crippen molar-refractivity contribution in [2.24, 2.45) is 5.92 Å². The van der Waals surface area contributed by atoms with E-state index in [0.717, 1.165) is 23.4 Å². The summed E-state index contributed by atoms with van der Waals surface area (Å²) in [6.07, 6.45) is 2.76. The van der Waals surface area contributed by atoms with Gasteiger partial charge in [-0.2, -0.15) is 0 Å². The van der Waals surface area contributed by atoms with Crippen LogP contribution in [0.3, 0.4) is 0 Å². The van der Waals surface area contributed by atoms with E-state index in [4.69, 9.17) is 0 Å². The Morgan fingerprint density at radius 1 is 0.966 bits per heavy atom. The lowest BCUT2D eigenvalue weighted by molar-refractivity contribution is -0.120. The highest BCUT2D eigenvalue weighted by Gasteiger charge is 2.22. The average Bonchev–Trinajstić information content (AvgIpc) is 3.42. The first-order valence-electron chi connectivity index (χ1n) is 9.94. The van der Waals surface area contributed by atoms with Gasteiger partial charge >= 0.3 is 0 Å². The maximum atomic E-state index is 13.2. The minimum Gasteiger partial charge on any atom is -0.356 e. The third-order valence-electron chi connectivity index (χ3n) is 5.03. The molecule has 1 aromatic heterocycles. The topological polar surface area (TPSA) is 49.4 Å². The third kappa shape index (κ3) is 5.33. The number of rotatable bonds is 8. The number of carbonyl (C=O) groups excluding carboxylic acids is 2. The van der Waals surface area contributed by atoms with Crippen LogP contribution in [0, 0.1) is 5.92 Å². The molecule has 5 heteroatoms. The van der Waals surface area contributed by atoms with Gasteiger partial charge in [0.15, 0.2) is 0 Å². The molecule has 0 aliphatic heterocycles. The Balaban J connectivity index is 1.54. The van der Waals surface area contributed by atoms with Crippen molar-refractivity contribution < 1.29 is 9.59 Å². The van der Waals surface area contributed by atoms with E-state index in [1.807, 2.05) is 72.1 Å². The molecule has 0 bridgehead atoms. The summed E-state index contributed by atoms with van der Waals surface area (Å²) in [7, 11) is 0. The molecular weight excluding hydrogens is 380 g/mol. The number of hydrogen-bond donors (Lipinski definition) is 1. The number of nitrogens with zero attached hydrogens (tertiary/aromatic N) is 1. The second-order valence-electron chi connectivity index (χ2n) is 7.45. The van der Waals surface area contributed by atoms with Crippen LogP contribution < -0.4 is 10.2 Å². The lowest BCUT2D eigenvalue weighted by atomic mass is 10.1. The maximum absolute atomic E-state index is 13.2. The minimum atomic E-state index is -0.0285. The number of nitrogens with one attached hydrogen (secondary N) is 1. The van der Waals surface area contributed by atoms with Crippen LogP contribution in [-0.2, 0) is 17.8 Å². The number of carbonyl (C=O) groups is 2. The van der Waals surface area contributed by atoms with Crippen LogP contribution in [0.25, 0.3) is 0 Å². The molecule has 3 aromatic rings. The van der Waals surface area contributed by atoms with E-state index >= 15 is 0 Å². The Kier molecular flexibility index (Phi) is 6.06. The number of thiophene rings is 1. The molecule has 1 saturated carbocycles. The maximum Gasteiger partial charge on any atom is 0.268 e. The largest absolute Gasteiger partial charge is 0.356 e. The van der Waals surface area contributed by atoms with Crippen molar-refractivity contribution in [3.63, 3.8) is 0 Å². The van der Waals surface area contributed by atoms with Gasteiger partial charge in [-0.3, -0.25) is 9.59 Å². The summed E-state index contributed by atoms with van der Waals surface area (Å²) in [5, 5.41) is 4.92. The van der Waals surface area contributed by atoms with E-state index in [1.54, 1.807) is 4.90 Å². The standard InChI is InChI=1S/C24H24N2O2S/c27-23(25-16-18-11-12-18)15-20-8-4-9-21(14-20)26(17-19-6-2-1-3-7-19)24(28)22-10-5-13-29-22/h1-10,13-14,18H,11-12,15-17H2,(H,25,27). The van der Waals surface area contributed by atoms with Gasteiger partial charge in [0.2, 0.25) is 5.91 Å². The Morgan fingerprint density at radius 3 is 2.48 bits per heavy atom. The molecule has 1 aliphatic carbocycles. The Bertz CT molecular complexity index is 966. The van der Waals surface area contributed by atoms with Crippen LogP contribution in [0.4, 0.5) is 5.69 Å². The quantitative estimate of drug-likeness (QED) is 0.593. The molecule has 4 rings (SSSR count). The van der Waals surface area contributed by atoms with Crippen molar-refractivity contribution in [2.45, 2.75) is 25.8 Å². The number of hydrogen-bond acceptors (Lipinski definition) is 3. The first kappa shape index (κ1) is 19.4. The first-order valence-corrected chi connectivity index (χ1v) is 10.8. The summed E-state index contributed by atoms with van der Waals surface area (Å²) in [6, 6.07) is 21.4. The highest BCUT2D eigenvalue weighted by molar-refractivity contribution is 7.12. The van der Waals surface area contributed by atoms with E-state index < -0.39 is 0 Å². The third-order valence-corrected chi connectivity index (χ3v) is 5.89. The van der Waals surface area contributed by atoms with Gasteiger partial charge in [0.25, 0.3) is 5.91 Å². The Morgan fingerprint density at radius 2 is 1.76 bits per heavy atom. The molecule has 1 fully saturated rings. The van der Waals surface area contributed by atoms with Crippen molar-refractivity contribution in [2.75, 3.05) is 11.4 Å². The summed E-state index contributed by atoms with van der Waals surface area (Å²) in [5.74, 6) is 0.669. The molecule has 148 valence electrons. The summed E-state index contributed by atoms with van der Waals surface area (Å²) in [4.78, 5) is 27.9. The molecular formula is C24H24N2O2S. The number of anilines is 1. The monoisotopic (exact) mass is 404 g/mol. The van der Waals surface area contributed by atoms with Gasteiger partial charge in [0.05, 0.1) is 17.8 Å². The van der Waals surface area contributed by atoms with Crippen LogP contribution in [0.2, 0.25) is 0 Å². The highest BCUT2D eigenvalue weighted by Crippen LogP contribution is 2.27. The fourth-order valence-electron chi connectivity index (χ4n) is 3.24. The van der Waals surface area contributed by atoms with Crippen LogP contribution >= 0.6 is 11.3 Å². The Labute approximate surface area is 175 Å². The molecule has 2 aromatic carbocycles. The van der Waals surface area contributed by atoms with Crippen LogP contribution in [0.15, 0.2) is 72.1 Å². The second kappa shape index (κ2) is 9.05. The molecule has 29 heavy (non-hydrogen) atoms. The van der Waals surface area contributed by atoms with Crippen LogP contribution in [0.1, 0.15) is 33.6 Å². The van der Waals surface area contributed by atoms with E-state index in [-0.39, 0.29) is 11.8 Å². The lowest BCUT2D eigenvalue weighted by Crippen LogP contribution is -2.30.